The smallest absolute Gasteiger partial charge is 0.249 e. The highest BCUT2D eigenvalue weighted by atomic mass is 16.5. The van der Waals surface area contributed by atoms with Crippen LogP contribution in [0.1, 0.15) is 19.4 Å². The van der Waals surface area contributed by atoms with Crippen molar-refractivity contribution in [1.82, 2.24) is 4.90 Å². The molecule has 0 aliphatic carbocycles. The lowest BCUT2D eigenvalue weighted by molar-refractivity contribution is -0.133. The number of carbonyl (C=O) groups excluding carboxylic acids is 1. The van der Waals surface area contributed by atoms with Crippen LogP contribution in [0.2, 0.25) is 0 Å². The van der Waals surface area contributed by atoms with E-state index in [1.807, 2.05) is 55.2 Å². The van der Waals surface area contributed by atoms with Gasteiger partial charge in [-0.1, -0.05) is 30.3 Å². The molecule has 1 saturated heterocycles. The molecule has 0 N–H and O–H groups in total. The van der Waals surface area contributed by atoms with Crippen molar-refractivity contribution in [2.45, 2.75) is 20.0 Å². The molecule has 1 aromatic rings. The number of hydrogen-bond acceptors (Lipinski definition) is 2. The molecule has 2 rings (SSSR count). The Balaban J connectivity index is 2.06. The molecule has 1 aliphatic heterocycles. The van der Waals surface area contributed by atoms with E-state index in [0.29, 0.717) is 19.7 Å². The van der Waals surface area contributed by atoms with Crippen LogP contribution in [0, 0.1) is 0 Å². The van der Waals surface area contributed by atoms with E-state index in [1.165, 1.54) is 0 Å². The first-order chi connectivity index (χ1) is 8.66. The minimum absolute atomic E-state index is 0.106. The van der Waals surface area contributed by atoms with Crippen molar-refractivity contribution in [2.24, 2.45) is 0 Å². The topological polar surface area (TPSA) is 29.5 Å². The van der Waals surface area contributed by atoms with Gasteiger partial charge in [-0.3, -0.25) is 4.79 Å². The molecular weight excluding hydrogens is 226 g/mol. The quantitative estimate of drug-likeness (QED) is 0.748. The molecule has 18 heavy (non-hydrogen) atoms. The second-order valence-corrected chi connectivity index (χ2v) is 4.67. The average molecular weight is 245 g/mol. The predicted molar refractivity (Wildman–Crippen MR) is 72.1 cm³/mol. The summed E-state index contributed by atoms with van der Waals surface area (Å²) in [6.07, 6.45) is 2.06. The maximum atomic E-state index is 12.3. The molecule has 96 valence electrons. The van der Waals surface area contributed by atoms with Crippen LogP contribution in [-0.4, -0.2) is 36.6 Å². The van der Waals surface area contributed by atoms with Crippen molar-refractivity contribution >= 4 is 12.0 Å². The normalized spacial score (nSPS) is 20.9. The Morgan fingerprint density at radius 1 is 1.39 bits per heavy atom. The highest BCUT2D eigenvalue weighted by Gasteiger charge is 2.21. The number of morpholine rings is 1. The van der Waals surface area contributed by atoms with E-state index in [9.17, 15) is 4.79 Å². The Morgan fingerprint density at radius 3 is 2.78 bits per heavy atom. The Morgan fingerprint density at radius 2 is 2.11 bits per heavy atom. The van der Waals surface area contributed by atoms with Crippen molar-refractivity contribution in [1.29, 1.82) is 0 Å². The number of hydrogen-bond donors (Lipinski definition) is 0. The summed E-state index contributed by atoms with van der Waals surface area (Å²) in [4.78, 5) is 14.1. The van der Waals surface area contributed by atoms with Gasteiger partial charge in [-0.25, -0.2) is 0 Å². The minimum atomic E-state index is 0.106. The fraction of sp³-hybridized carbons (Fsp3) is 0.400. The maximum absolute atomic E-state index is 12.3. The van der Waals surface area contributed by atoms with Crippen LogP contribution in [0.25, 0.3) is 6.08 Å². The molecule has 0 saturated carbocycles. The first-order valence-corrected chi connectivity index (χ1v) is 6.31. The van der Waals surface area contributed by atoms with Gasteiger partial charge < -0.3 is 9.64 Å². The van der Waals surface area contributed by atoms with Gasteiger partial charge in [0, 0.05) is 18.7 Å². The van der Waals surface area contributed by atoms with Gasteiger partial charge in [0.2, 0.25) is 5.91 Å². The molecule has 0 spiro atoms. The lowest BCUT2D eigenvalue weighted by Crippen LogP contribution is -2.44. The van der Waals surface area contributed by atoms with Crippen molar-refractivity contribution in [3.63, 3.8) is 0 Å². The Bertz CT molecular complexity index is 439. The minimum Gasteiger partial charge on any atom is -0.375 e. The SMILES string of the molecule is C/C(=C\c1ccccc1)C(=O)N1CCOC(C)C1. The third-order valence-electron chi connectivity index (χ3n) is 3.05. The number of amides is 1. The first kappa shape index (κ1) is 12.8. The van der Waals surface area contributed by atoms with E-state index in [0.717, 1.165) is 11.1 Å². The van der Waals surface area contributed by atoms with Crippen molar-refractivity contribution < 1.29 is 9.53 Å². The molecule has 1 aliphatic rings. The highest BCUT2D eigenvalue weighted by molar-refractivity contribution is 5.97. The Labute approximate surface area is 108 Å². The summed E-state index contributed by atoms with van der Waals surface area (Å²) >= 11 is 0. The third-order valence-corrected chi connectivity index (χ3v) is 3.05. The summed E-state index contributed by atoms with van der Waals surface area (Å²) in [5.41, 5.74) is 1.83. The van der Waals surface area contributed by atoms with Crippen LogP contribution in [-0.2, 0) is 9.53 Å². The van der Waals surface area contributed by atoms with Crippen LogP contribution < -0.4 is 0 Å². The van der Waals surface area contributed by atoms with E-state index < -0.39 is 0 Å². The average Bonchev–Trinajstić information content (AvgIpc) is 2.39. The molecule has 0 radical (unpaired) electrons. The number of carbonyl (C=O) groups is 1. The molecule has 1 fully saturated rings. The van der Waals surface area contributed by atoms with Gasteiger partial charge in [0.15, 0.2) is 0 Å². The van der Waals surface area contributed by atoms with E-state index in [-0.39, 0.29) is 12.0 Å². The fourth-order valence-electron chi connectivity index (χ4n) is 2.11. The zero-order valence-electron chi connectivity index (χ0n) is 10.9. The van der Waals surface area contributed by atoms with Crippen molar-refractivity contribution in [3.05, 3.63) is 41.5 Å². The zero-order chi connectivity index (χ0) is 13.0. The van der Waals surface area contributed by atoms with Crippen LogP contribution >= 0.6 is 0 Å². The molecule has 1 heterocycles. The molecule has 1 aromatic carbocycles. The van der Waals surface area contributed by atoms with Crippen LogP contribution in [0.4, 0.5) is 0 Å². The monoisotopic (exact) mass is 245 g/mol. The molecule has 1 atom stereocenters. The van der Waals surface area contributed by atoms with Crippen LogP contribution in [0.3, 0.4) is 0 Å². The van der Waals surface area contributed by atoms with Gasteiger partial charge in [0.05, 0.1) is 12.7 Å². The fourth-order valence-corrected chi connectivity index (χ4v) is 2.11. The molecule has 0 aromatic heterocycles. The Hall–Kier alpha value is -1.61. The standard InChI is InChI=1S/C15H19NO2/c1-12(10-14-6-4-3-5-7-14)15(17)16-8-9-18-13(2)11-16/h3-7,10,13H,8-9,11H2,1-2H3/b12-10+. The third kappa shape index (κ3) is 3.20. The lowest BCUT2D eigenvalue weighted by Gasteiger charge is -2.31. The van der Waals surface area contributed by atoms with Crippen molar-refractivity contribution in [2.75, 3.05) is 19.7 Å². The molecule has 0 bridgehead atoms. The zero-order valence-corrected chi connectivity index (χ0v) is 10.9. The first-order valence-electron chi connectivity index (χ1n) is 6.31. The summed E-state index contributed by atoms with van der Waals surface area (Å²) < 4.78 is 5.44. The lowest BCUT2D eigenvalue weighted by atomic mass is 10.1. The second kappa shape index (κ2) is 5.83. The van der Waals surface area contributed by atoms with Gasteiger partial charge >= 0.3 is 0 Å². The summed E-state index contributed by atoms with van der Waals surface area (Å²) in [5.74, 6) is 0.106. The Kier molecular flexibility index (Phi) is 4.15. The number of ether oxygens (including phenoxy) is 1. The number of rotatable bonds is 2. The molecule has 1 unspecified atom stereocenters. The van der Waals surface area contributed by atoms with E-state index in [4.69, 9.17) is 4.74 Å². The van der Waals surface area contributed by atoms with Gasteiger partial charge in [-0.15, -0.1) is 0 Å². The molecule has 1 amide bonds. The highest BCUT2D eigenvalue weighted by Crippen LogP contribution is 2.12. The summed E-state index contributed by atoms with van der Waals surface area (Å²) in [5, 5.41) is 0. The largest absolute Gasteiger partial charge is 0.375 e. The van der Waals surface area contributed by atoms with E-state index in [1.54, 1.807) is 0 Å². The predicted octanol–water partition coefficient (Wildman–Crippen LogP) is 2.34. The van der Waals surface area contributed by atoms with Gasteiger partial charge in [-0.2, -0.15) is 0 Å². The van der Waals surface area contributed by atoms with Gasteiger partial charge in [0.1, 0.15) is 0 Å². The van der Waals surface area contributed by atoms with Crippen molar-refractivity contribution in [3.8, 4) is 0 Å². The van der Waals surface area contributed by atoms with Gasteiger partial charge in [-0.05, 0) is 25.5 Å². The number of nitrogens with zero attached hydrogens (tertiary/aromatic N) is 1. The van der Waals surface area contributed by atoms with E-state index >= 15 is 0 Å². The van der Waals surface area contributed by atoms with E-state index in [2.05, 4.69) is 0 Å². The second-order valence-electron chi connectivity index (χ2n) is 4.67. The molecule has 3 nitrogen and oxygen atoms in total. The molecule has 3 heteroatoms. The maximum Gasteiger partial charge on any atom is 0.249 e. The number of benzene rings is 1. The molecular formula is C15H19NO2. The summed E-state index contributed by atoms with van der Waals surface area (Å²) in [7, 11) is 0. The van der Waals surface area contributed by atoms with Gasteiger partial charge in [0.25, 0.3) is 0 Å². The summed E-state index contributed by atoms with van der Waals surface area (Å²) in [6.45, 7) is 5.86. The van der Waals surface area contributed by atoms with Crippen LogP contribution in [0.15, 0.2) is 35.9 Å². The summed E-state index contributed by atoms with van der Waals surface area (Å²) in [6, 6.07) is 9.91. The van der Waals surface area contributed by atoms with Crippen LogP contribution in [0.5, 0.6) is 0 Å².